The van der Waals surface area contributed by atoms with E-state index in [1.54, 1.807) is 4.90 Å². The van der Waals surface area contributed by atoms with Crippen LogP contribution in [0.2, 0.25) is 0 Å². The summed E-state index contributed by atoms with van der Waals surface area (Å²) >= 11 is 0. The van der Waals surface area contributed by atoms with Crippen LogP contribution in [0.3, 0.4) is 0 Å². The molecule has 1 fully saturated rings. The second-order valence-corrected chi connectivity index (χ2v) is 9.06. The predicted molar refractivity (Wildman–Crippen MR) is 132 cm³/mol. The van der Waals surface area contributed by atoms with Crippen molar-refractivity contribution in [3.05, 3.63) is 95.6 Å². The van der Waals surface area contributed by atoms with Crippen molar-refractivity contribution >= 4 is 23.4 Å². The van der Waals surface area contributed by atoms with Gasteiger partial charge in [-0.15, -0.1) is 0 Å². The van der Waals surface area contributed by atoms with E-state index >= 15 is 0 Å². The molecule has 1 heterocycles. The molecular formula is C28H29N3O3. The quantitative estimate of drug-likeness (QED) is 0.566. The topological polar surface area (TPSA) is 75.9 Å². The largest absolute Gasteiger partial charge is 0.444 e. The number of nitrogens with zero attached hydrogens (tertiary/aromatic N) is 2. The molecule has 0 radical (unpaired) electrons. The maximum absolute atomic E-state index is 13.5. The Kier molecular flexibility index (Phi) is 6.07. The van der Waals surface area contributed by atoms with Crippen LogP contribution in [0.5, 0.6) is 0 Å². The van der Waals surface area contributed by atoms with E-state index in [2.05, 4.69) is 0 Å². The number of nitrogens with two attached hydrogens (primary N) is 1. The number of amides is 2. The number of para-hydroxylation sites is 2. The van der Waals surface area contributed by atoms with Gasteiger partial charge in [-0.25, -0.2) is 4.79 Å². The van der Waals surface area contributed by atoms with Crippen molar-refractivity contribution in [2.24, 2.45) is 11.7 Å². The molecule has 0 saturated heterocycles. The summed E-state index contributed by atoms with van der Waals surface area (Å²) in [4.78, 5) is 30.1. The maximum Gasteiger partial charge on any atom is 0.415 e. The molecule has 0 aromatic heterocycles. The van der Waals surface area contributed by atoms with Crippen molar-refractivity contribution in [3.8, 4) is 0 Å². The van der Waals surface area contributed by atoms with E-state index in [1.807, 2.05) is 90.7 Å². The van der Waals surface area contributed by atoms with Crippen LogP contribution in [0, 0.1) is 12.8 Å². The fourth-order valence-electron chi connectivity index (χ4n) is 4.74. The van der Waals surface area contributed by atoms with Gasteiger partial charge in [0.15, 0.2) is 0 Å². The van der Waals surface area contributed by atoms with Crippen molar-refractivity contribution < 1.29 is 14.3 Å². The summed E-state index contributed by atoms with van der Waals surface area (Å²) in [6.07, 6.45) is 1.15. The van der Waals surface area contributed by atoms with Crippen LogP contribution < -0.4 is 15.5 Å². The summed E-state index contributed by atoms with van der Waals surface area (Å²) in [6, 6.07) is 25.0. The Hall–Kier alpha value is -3.64. The first kappa shape index (κ1) is 22.2. The van der Waals surface area contributed by atoms with Crippen LogP contribution in [-0.4, -0.2) is 18.2 Å². The van der Waals surface area contributed by atoms with Gasteiger partial charge in [0, 0.05) is 18.0 Å². The monoisotopic (exact) mass is 455 g/mol. The summed E-state index contributed by atoms with van der Waals surface area (Å²) < 4.78 is 5.65. The smallest absolute Gasteiger partial charge is 0.415 e. The first-order chi connectivity index (χ1) is 16.5. The van der Waals surface area contributed by atoms with E-state index in [0.29, 0.717) is 6.42 Å². The standard InChI is InChI=1S/C28H29N3O3/c1-19-9-8-14-23-24(30(27(32)21-15-16-21)22-12-6-3-7-13-22)17-25(29)31(26(19)23)28(33)34-18-20-10-4-2-5-11-20/h2-14,21,24-25H,15-18,29H2,1H3. The lowest BCUT2D eigenvalue weighted by Gasteiger charge is -2.43. The lowest BCUT2D eigenvalue weighted by Crippen LogP contribution is -2.53. The van der Waals surface area contributed by atoms with Gasteiger partial charge >= 0.3 is 6.09 Å². The molecule has 34 heavy (non-hydrogen) atoms. The van der Waals surface area contributed by atoms with Crippen molar-refractivity contribution in [3.63, 3.8) is 0 Å². The van der Waals surface area contributed by atoms with Gasteiger partial charge in [-0.2, -0.15) is 0 Å². The normalized spacial score (nSPS) is 19.3. The maximum atomic E-state index is 13.5. The molecule has 0 spiro atoms. The molecule has 1 aliphatic heterocycles. The van der Waals surface area contributed by atoms with Crippen molar-refractivity contribution in [1.29, 1.82) is 0 Å². The van der Waals surface area contributed by atoms with E-state index in [4.69, 9.17) is 10.5 Å². The van der Waals surface area contributed by atoms with Crippen molar-refractivity contribution in [2.75, 3.05) is 9.80 Å². The van der Waals surface area contributed by atoms with E-state index in [9.17, 15) is 9.59 Å². The Bertz CT molecular complexity index is 1180. The molecule has 6 heteroatoms. The highest BCUT2D eigenvalue weighted by atomic mass is 16.6. The first-order valence-corrected chi connectivity index (χ1v) is 11.8. The number of rotatable bonds is 5. The number of hydrogen-bond donors (Lipinski definition) is 1. The minimum absolute atomic E-state index is 0.0542. The van der Waals surface area contributed by atoms with E-state index in [0.717, 1.165) is 40.9 Å². The number of carbonyl (C=O) groups excluding carboxylic acids is 2. The molecule has 1 aliphatic carbocycles. The van der Waals surface area contributed by atoms with Crippen LogP contribution in [0.1, 0.15) is 42.0 Å². The van der Waals surface area contributed by atoms with Gasteiger partial charge in [0.05, 0.1) is 17.9 Å². The second kappa shape index (κ2) is 9.31. The zero-order chi connectivity index (χ0) is 23.7. The lowest BCUT2D eigenvalue weighted by atomic mass is 9.90. The summed E-state index contributed by atoms with van der Waals surface area (Å²) in [5, 5.41) is 0. The molecule has 5 rings (SSSR count). The highest BCUT2D eigenvalue weighted by Crippen LogP contribution is 2.45. The summed E-state index contributed by atoms with van der Waals surface area (Å²) in [6.45, 7) is 2.13. The third kappa shape index (κ3) is 4.29. The van der Waals surface area contributed by atoms with Gasteiger partial charge in [0.25, 0.3) is 0 Å². The van der Waals surface area contributed by atoms with E-state index in [-0.39, 0.29) is 24.5 Å². The molecule has 0 bridgehead atoms. The number of ether oxygens (including phenoxy) is 1. The van der Waals surface area contributed by atoms with Gasteiger partial charge in [-0.1, -0.05) is 66.7 Å². The minimum atomic E-state index is -0.625. The molecule has 1 saturated carbocycles. The average molecular weight is 456 g/mol. The van der Waals surface area contributed by atoms with Gasteiger partial charge < -0.3 is 15.4 Å². The molecule has 3 aromatic carbocycles. The SMILES string of the molecule is Cc1cccc2c1N(C(=O)OCc1ccccc1)C(N)CC2N(C(=O)C1CC1)c1ccccc1. The number of hydrogen-bond acceptors (Lipinski definition) is 4. The van der Waals surface area contributed by atoms with E-state index < -0.39 is 12.3 Å². The molecular weight excluding hydrogens is 426 g/mol. The summed E-state index contributed by atoms with van der Waals surface area (Å²) in [5.41, 5.74) is 10.9. The fraction of sp³-hybridized carbons (Fsp3) is 0.286. The van der Waals surface area contributed by atoms with Gasteiger partial charge in [-0.3, -0.25) is 9.69 Å². The molecule has 3 aromatic rings. The number of aryl methyl sites for hydroxylation is 1. The Morgan fingerprint density at radius 1 is 0.971 bits per heavy atom. The van der Waals surface area contributed by atoms with Gasteiger partial charge in [0.1, 0.15) is 6.61 Å². The molecule has 2 N–H and O–H groups in total. The van der Waals surface area contributed by atoms with Crippen molar-refractivity contribution in [2.45, 2.75) is 45.0 Å². The predicted octanol–water partition coefficient (Wildman–Crippen LogP) is 5.31. The first-order valence-electron chi connectivity index (χ1n) is 11.8. The molecule has 2 aliphatic rings. The number of benzene rings is 3. The Morgan fingerprint density at radius 3 is 2.32 bits per heavy atom. The van der Waals surface area contributed by atoms with E-state index in [1.165, 1.54) is 0 Å². The molecule has 6 nitrogen and oxygen atoms in total. The molecule has 2 amide bonds. The lowest BCUT2D eigenvalue weighted by molar-refractivity contribution is -0.120. The summed E-state index contributed by atoms with van der Waals surface area (Å²) in [7, 11) is 0. The molecule has 2 unspecified atom stereocenters. The molecule has 2 atom stereocenters. The minimum Gasteiger partial charge on any atom is -0.444 e. The van der Waals surface area contributed by atoms with Crippen LogP contribution in [0.25, 0.3) is 0 Å². The summed E-state index contributed by atoms with van der Waals surface area (Å²) in [5.74, 6) is 0.175. The Balaban J connectivity index is 1.50. The number of fused-ring (bicyclic) bond motifs is 1. The van der Waals surface area contributed by atoms with Crippen LogP contribution in [0.4, 0.5) is 16.2 Å². The second-order valence-electron chi connectivity index (χ2n) is 9.06. The number of carbonyl (C=O) groups is 2. The third-order valence-electron chi connectivity index (χ3n) is 6.58. The molecule has 174 valence electrons. The van der Waals surface area contributed by atoms with Crippen LogP contribution in [0.15, 0.2) is 78.9 Å². The van der Waals surface area contributed by atoms with Gasteiger partial charge in [0.2, 0.25) is 5.91 Å². The highest BCUT2D eigenvalue weighted by Gasteiger charge is 2.43. The van der Waals surface area contributed by atoms with Crippen LogP contribution >= 0.6 is 0 Å². The zero-order valence-electron chi connectivity index (χ0n) is 19.3. The van der Waals surface area contributed by atoms with Crippen molar-refractivity contribution in [1.82, 2.24) is 0 Å². The number of anilines is 2. The third-order valence-corrected chi connectivity index (χ3v) is 6.58. The highest BCUT2D eigenvalue weighted by molar-refractivity contribution is 5.98. The average Bonchev–Trinajstić information content (AvgIpc) is 3.70. The Morgan fingerprint density at radius 2 is 1.65 bits per heavy atom. The Labute approximate surface area is 199 Å². The van der Waals surface area contributed by atoms with Gasteiger partial charge in [-0.05, 0) is 48.6 Å². The van der Waals surface area contributed by atoms with Crippen LogP contribution in [-0.2, 0) is 16.1 Å². The zero-order valence-corrected chi connectivity index (χ0v) is 19.3. The fourth-order valence-corrected chi connectivity index (χ4v) is 4.74.